The first-order valence-corrected chi connectivity index (χ1v) is 12.5. The molecular formula is C11H15ClN3O14P3. The molecule has 1 aliphatic rings. The molecule has 2 rings (SSSR count). The van der Waals surface area contributed by atoms with Gasteiger partial charge in [0.05, 0.1) is 9.30 Å². The Bertz CT molecular complexity index is 1270. The van der Waals surface area contributed by atoms with Crippen LogP contribution < -0.4 is 17.0 Å². The fourth-order valence-electron chi connectivity index (χ4n) is 2.31. The van der Waals surface area contributed by atoms with E-state index in [0.29, 0.717) is 4.57 Å². The zero-order valence-corrected chi connectivity index (χ0v) is 18.5. The maximum Gasteiger partial charge on any atom is 0.490 e. The number of aromatic nitrogens is 2. The number of aromatic amines is 1. The molecule has 2 heterocycles. The van der Waals surface area contributed by atoms with Gasteiger partial charge in [0.1, 0.15) is 12.2 Å². The molecule has 0 aromatic carbocycles. The Hall–Kier alpha value is -1.34. The lowest BCUT2D eigenvalue weighted by molar-refractivity contribution is -0.0455. The average molecular weight is 544 g/mol. The molecule has 17 nitrogen and oxygen atoms in total. The molecular weight excluding hydrogens is 527 g/mol. The number of phosphoric acid groups is 3. The molecule has 1 aliphatic heterocycles. The summed E-state index contributed by atoms with van der Waals surface area (Å²) in [5, 5.41) is 10.6. The normalized spacial score (nSPS) is 30.9. The van der Waals surface area contributed by atoms with Crippen molar-refractivity contribution in [3.63, 3.8) is 0 Å². The Labute approximate surface area is 184 Å². The minimum absolute atomic E-state index is 0.572. The zero-order valence-electron chi connectivity index (χ0n) is 17.0. The predicted molar refractivity (Wildman–Crippen MR) is 102 cm³/mol. The molecule has 32 heavy (non-hydrogen) atoms. The molecule has 1 fully saturated rings. The van der Waals surface area contributed by atoms with E-state index >= 15 is 0 Å². The Morgan fingerprint density at radius 3 is 2.44 bits per heavy atom. The summed E-state index contributed by atoms with van der Waals surface area (Å²) in [5.41, 5.74) is 3.12. The van der Waals surface area contributed by atoms with Gasteiger partial charge in [-0.25, -0.2) is 18.5 Å². The third-order valence-corrected chi connectivity index (χ3v) is 7.59. The minimum atomic E-state index is -6.03. The van der Waals surface area contributed by atoms with Gasteiger partial charge in [0.2, 0.25) is 0 Å². The average Bonchev–Trinajstić information content (AvgIpc) is 2.83. The fourth-order valence-corrected chi connectivity index (χ4v) is 5.51. The largest absolute Gasteiger partial charge is 0.490 e. The van der Waals surface area contributed by atoms with Crippen molar-refractivity contribution < 1.29 is 59.0 Å². The number of phosphoric ester groups is 1. The molecule has 1 saturated heterocycles. The maximum absolute atomic E-state index is 12.1. The van der Waals surface area contributed by atoms with E-state index in [0.717, 1.165) is 12.3 Å². The summed E-state index contributed by atoms with van der Waals surface area (Å²) in [6.45, 7) is -3.64. The first-order valence-electron chi connectivity index (χ1n) is 8.64. The van der Waals surface area contributed by atoms with Crippen molar-refractivity contribution in [3.8, 4) is 12.0 Å². The van der Waals surface area contributed by atoms with E-state index < -0.39 is 64.6 Å². The molecule has 8 N–H and O–H groups in total. The lowest BCUT2D eigenvalue weighted by Gasteiger charge is -2.25. The minimum Gasteiger partial charge on any atom is -0.387 e. The Morgan fingerprint density at radius 1 is 1.28 bits per heavy atom. The lowest BCUT2D eigenvalue weighted by Crippen LogP contribution is -2.44. The Balaban J connectivity index is 2.41. The van der Waals surface area contributed by atoms with E-state index in [1.54, 1.807) is 0 Å². The van der Waals surface area contributed by atoms with Crippen molar-refractivity contribution in [1.82, 2.24) is 9.55 Å². The highest BCUT2D eigenvalue weighted by Gasteiger charge is 2.56. The van der Waals surface area contributed by atoms with Crippen LogP contribution in [0.4, 0.5) is 0 Å². The van der Waals surface area contributed by atoms with Gasteiger partial charge in [0, 0.05) is 18.3 Å². The summed E-state index contributed by atoms with van der Waals surface area (Å²) < 4.78 is 66.7. The highest BCUT2D eigenvalue weighted by atomic mass is 35.5. The quantitative estimate of drug-likeness (QED) is 0.0811. The number of aliphatic hydroxyl groups excluding tert-OH is 1. The van der Waals surface area contributed by atoms with Gasteiger partial charge in [-0.1, -0.05) is 11.6 Å². The van der Waals surface area contributed by atoms with Crippen LogP contribution >= 0.6 is 35.1 Å². The van der Waals surface area contributed by atoms with Gasteiger partial charge in [0.15, 0.2) is 11.1 Å². The zero-order chi connectivity index (χ0) is 26.3. The van der Waals surface area contributed by atoms with E-state index in [1.165, 1.54) is 0 Å². The van der Waals surface area contributed by atoms with Gasteiger partial charge in [-0.15, -0.1) is 0 Å². The number of ether oxygens (including phenoxy) is 1. The van der Waals surface area contributed by atoms with E-state index in [-0.39, 0.29) is 0 Å². The van der Waals surface area contributed by atoms with Crippen LogP contribution in [0.1, 0.15) is 8.97 Å². The fraction of sp³-hybridized carbons (Fsp3) is 0.455. The molecule has 0 saturated carbocycles. The van der Waals surface area contributed by atoms with Crippen LogP contribution in [0.3, 0.4) is 0 Å². The van der Waals surface area contributed by atoms with E-state index in [1.807, 2.05) is 11.0 Å². The second kappa shape index (κ2) is 9.49. The number of nitrogens with two attached hydrogens (primary N) is 1. The van der Waals surface area contributed by atoms with Crippen LogP contribution in [-0.4, -0.2) is 57.9 Å². The summed E-state index contributed by atoms with van der Waals surface area (Å²) in [6.07, 6.45) is -5.74. The SMILES string of the molecule is [2H]C([2H])(OP(=O)(O)OP(=O)(O)OP(=O)(O)O)[C@H]1O[C@@H](n2ccc(=O)[nH]c2=O)C(Cl)(C#CN)[C@H]1O. The summed E-state index contributed by atoms with van der Waals surface area (Å²) in [5.74, 6) is 2.08. The van der Waals surface area contributed by atoms with Crippen LogP contribution in [-0.2, 0) is 31.6 Å². The molecule has 6 atom stereocenters. The van der Waals surface area contributed by atoms with Gasteiger partial charge in [-0.3, -0.25) is 18.9 Å². The molecule has 180 valence electrons. The number of H-pyrrole nitrogens is 1. The molecule has 3 unspecified atom stereocenters. The van der Waals surface area contributed by atoms with Crippen LogP contribution in [0, 0.1) is 12.0 Å². The summed E-state index contributed by atoms with van der Waals surface area (Å²) in [4.78, 5) is 58.7. The molecule has 0 bridgehead atoms. The molecule has 0 spiro atoms. The number of nitrogens with one attached hydrogen (secondary N) is 1. The number of aliphatic hydroxyl groups is 1. The van der Waals surface area contributed by atoms with Gasteiger partial charge in [-0.05, 0) is 5.92 Å². The topological polar surface area (TPSA) is 270 Å². The number of rotatable bonds is 8. The number of hydrogen-bond donors (Lipinski definition) is 7. The predicted octanol–water partition coefficient (Wildman–Crippen LogP) is -1.96. The van der Waals surface area contributed by atoms with E-state index in [9.17, 15) is 38.2 Å². The van der Waals surface area contributed by atoms with Gasteiger partial charge < -0.3 is 35.2 Å². The lowest BCUT2D eigenvalue weighted by atomic mass is 9.99. The first kappa shape index (κ1) is 23.8. The number of halogens is 1. The molecule has 0 aliphatic carbocycles. The van der Waals surface area contributed by atoms with Crippen molar-refractivity contribution in [2.45, 2.75) is 23.3 Å². The van der Waals surface area contributed by atoms with Gasteiger partial charge in [-0.2, -0.15) is 8.62 Å². The standard InChI is InChI=1S/C11H15ClN3O14P3/c12-11(2-3-13)8(17)6(27-9(11)15-4-1-7(16)14-10(15)18)5-26-31(22,23)29-32(24,25)28-30(19,20)21/h1,4,6,8-9,17H,5,13H2,(H,22,23)(H,24,25)(H,14,16,18)(H2,19,20,21)/t6-,8+,9-,11?/m1/s1/i5D2. The van der Waals surface area contributed by atoms with Gasteiger partial charge in [0.25, 0.3) is 5.56 Å². The highest BCUT2D eigenvalue weighted by Crippen LogP contribution is 2.66. The van der Waals surface area contributed by atoms with Crippen molar-refractivity contribution in [1.29, 1.82) is 0 Å². The van der Waals surface area contributed by atoms with Gasteiger partial charge >= 0.3 is 29.2 Å². The van der Waals surface area contributed by atoms with Crippen molar-refractivity contribution >= 4 is 35.1 Å². The first-order chi connectivity index (χ1) is 15.2. The molecule has 0 amide bonds. The number of alkyl halides is 1. The van der Waals surface area contributed by atoms with Crippen LogP contribution in [0.5, 0.6) is 0 Å². The van der Waals surface area contributed by atoms with Crippen LogP contribution in [0.15, 0.2) is 21.9 Å². The highest BCUT2D eigenvalue weighted by molar-refractivity contribution is 7.66. The third kappa shape index (κ3) is 6.60. The molecule has 1 aromatic heterocycles. The smallest absolute Gasteiger partial charge is 0.387 e. The number of nitrogens with zero attached hydrogens (tertiary/aromatic N) is 1. The second-order valence-corrected chi connectivity index (χ2v) is 10.7. The van der Waals surface area contributed by atoms with Crippen LogP contribution in [0.25, 0.3) is 0 Å². The Kier molecular flexibility index (Phi) is 7.06. The molecule has 1 aromatic rings. The van der Waals surface area contributed by atoms with E-state index in [4.69, 9.17) is 34.6 Å². The number of hydrogen-bond acceptors (Lipinski definition) is 11. The van der Waals surface area contributed by atoms with Crippen molar-refractivity contribution in [2.24, 2.45) is 5.73 Å². The second-order valence-electron chi connectivity index (χ2n) is 5.71. The summed E-state index contributed by atoms with van der Waals surface area (Å²) >= 11 is 6.23. The van der Waals surface area contributed by atoms with Crippen molar-refractivity contribution in [3.05, 3.63) is 33.1 Å². The Morgan fingerprint density at radius 2 is 1.91 bits per heavy atom. The maximum atomic E-state index is 12.1. The molecule has 21 heteroatoms. The van der Waals surface area contributed by atoms with Crippen molar-refractivity contribution in [2.75, 3.05) is 6.56 Å². The van der Waals surface area contributed by atoms with E-state index in [2.05, 4.69) is 19.1 Å². The summed E-state index contributed by atoms with van der Waals surface area (Å²) in [7, 11) is -17.7. The summed E-state index contributed by atoms with van der Waals surface area (Å²) in [6, 6.07) is 2.65. The third-order valence-electron chi connectivity index (χ3n) is 3.42. The molecule has 0 radical (unpaired) electrons. The monoisotopic (exact) mass is 543 g/mol. The van der Waals surface area contributed by atoms with Crippen LogP contribution in [0.2, 0.25) is 0 Å².